The van der Waals surface area contributed by atoms with Crippen molar-refractivity contribution in [3.8, 4) is 0 Å². The highest BCUT2D eigenvalue weighted by molar-refractivity contribution is 8.00. The van der Waals surface area contributed by atoms with E-state index >= 15 is 0 Å². The average molecular weight is 302 g/mol. The summed E-state index contributed by atoms with van der Waals surface area (Å²) >= 11 is -0.207. The van der Waals surface area contributed by atoms with Crippen LogP contribution >= 0.6 is 11.8 Å². The summed E-state index contributed by atoms with van der Waals surface area (Å²) in [5.74, 6) is -1.40. The first-order chi connectivity index (χ1) is 8.74. The largest absolute Gasteiger partial charge is 0.481 e. The number of hydrogen-bond donors (Lipinski definition) is 3. The first-order valence-electron chi connectivity index (χ1n) is 5.68. The summed E-state index contributed by atoms with van der Waals surface area (Å²) in [6.07, 6.45) is 0.539. The monoisotopic (exact) mass is 302 g/mol. The summed E-state index contributed by atoms with van der Waals surface area (Å²) < 4.78 is 35.3. The lowest BCUT2D eigenvalue weighted by atomic mass is 10.0. The SMILES string of the molecule is CCC(CNC(=O)NCCSC(F)(F)F)CC(=O)O. The van der Waals surface area contributed by atoms with Gasteiger partial charge in [0.05, 0.1) is 0 Å². The summed E-state index contributed by atoms with van der Waals surface area (Å²) in [4.78, 5) is 21.7. The Hall–Kier alpha value is -1.12. The quantitative estimate of drug-likeness (QED) is 0.600. The molecule has 0 aliphatic carbocycles. The molecule has 9 heteroatoms. The van der Waals surface area contributed by atoms with Gasteiger partial charge >= 0.3 is 17.5 Å². The van der Waals surface area contributed by atoms with Crippen molar-refractivity contribution < 1.29 is 27.9 Å². The smallest absolute Gasteiger partial charge is 0.441 e. The molecular formula is C10H17F3N2O3S. The molecule has 0 aliphatic rings. The highest BCUT2D eigenvalue weighted by Gasteiger charge is 2.27. The van der Waals surface area contributed by atoms with Crippen LogP contribution in [0.15, 0.2) is 0 Å². The van der Waals surface area contributed by atoms with Crippen LogP contribution in [0.25, 0.3) is 0 Å². The maximum atomic E-state index is 11.8. The van der Waals surface area contributed by atoms with Gasteiger partial charge in [-0.2, -0.15) is 13.2 Å². The molecule has 19 heavy (non-hydrogen) atoms. The van der Waals surface area contributed by atoms with Gasteiger partial charge in [0.25, 0.3) is 0 Å². The van der Waals surface area contributed by atoms with E-state index in [-0.39, 0.29) is 42.9 Å². The Morgan fingerprint density at radius 3 is 2.42 bits per heavy atom. The Bertz CT molecular complexity index is 300. The minimum atomic E-state index is -4.30. The van der Waals surface area contributed by atoms with E-state index < -0.39 is 17.5 Å². The number of hydrogen-bond acceptors (Lipinski definition) is 3. The summed E-state index contributed by atoms with van der Waals surface area (Å²) in [6.45, 7) is 1.87. The molecule has 0 aromatic rings. The van der Waals surface area contributed by atoms with Gasteiger partial charge in [-0.15, -0.1) is 0 Å². The zero-order valence-electron chi connectivity index (χ0n) is 10.4. The number of thioether (sulfide) groups is 1. The molecule has 0 spiro atoms. The Labute approximate surface area is 113 Å². The van der Waals surface area contributed by atoms with E-state index in [1.54, 1.807) is 6.92 Å². The van der Waals surface area contributed by atoms with Crippen LogP contribution in [-0.4, -0.2) is 41.5 Å². The molecule has 0 radical (unpaired) electrons. The van der Waals surface area contributed by atoms with E-state index in [0.29, 0.717) is 6.42 Å². The number of nitrogens with one attached hydrogen (secondary N) is 2. The Kier molecular flexibility index (Phi) is 8.37. The van der Waals surface area contributed by atoms with Gasteiger partial charge in [-0.25, -0.2) is 4.79 Å². The molecule has 0 fully saturated rings. The lowest BCUT2D eigenvalue weighted by Gasteiger charge is -2.14. The second-order valence-corrected chi connectivity index (χ2v) is 4.96. The second kappa shape index (κ2) is 8.89. The van der Waals surface area contributed by atoms with E-state index in [1.165, 1.54) is 0 Å². The molecule has 112 valence electrons. The molecule has 0 heterocycles. The third kappa shape index (κ3) is 11.7. The van der Waals surface area contributed by atoms with E-state index in [9.17, 15) is 22.8 Å². The van der Waals surface area contributed by atoms with Crippen LogP contribution in [0.2, 0.25) is 0 Å². The predicted molar refractivity (Wildman–Crippen MR) is 65.9 cm³/mol. The van der Waals surface area contributed by atoms with Gasteiger partial charge in [-0.1, -0.05) is 13.3 Å². The van der Waals surface area contributed by atoms with E-state index in [0.717, 1.165) is 0 Å². The first kappa shape index (κ1) is 17.9. The second-order valence-electron chi connectivity index (χ2n) is 3.80. The molecular weight excluding hydrogens is 285 g/mol. The van der Waals surface area contributed by atoms with Gasteiger partial charge in [0.2, 0.25) is 0 Å². The Balaban J connectivity index is 3.71. The molecule has 0 aromatic heterocycles. The molecule has 0 bridgehead atoms. The molecule has 5 nitrogen and oxygen atoms in total. The average Bonchev–Trinajstić information content (AvgIpc) is 2.28. The summed E-state index contributed by atoms with van der Waals surface area (Å²) in [5, 5.41) is 13.3. The normalized spacial score (nSPS) is 12.8. The third-order valence-electron chi connectivity index (χ3n) is 2.25. The van der Waals surface area contributed by atoms with Gasteiger partial charge in [0.15, 0.2) is 0 Å². The van der Waals surface area contributed by atoms with E-state index in [1.807, 2.05) is 0 Å². The van der Waals surface area contributed by atoms with Crippen molar-refractivity contribution >= 4 is 23.8 Å². The fraction of sp³-hybridized carbons (Fsp3) is 0.800. The minimum Gasteiger partial charge on any atom is -0.481 e. The van der Waals surface area contributed by atoms with Crippen LogP contribution in [0.5, 0.6) is 0 Å². The molecule has 3 N–H and O–H groups in total. The lowest BCUT2D eigenvalue weighted by Crippen LogP contribution is -2.39. The topological polar surface area (TPSA) is 78.4 Å². The summed E-state index contributed by atoms with van der Waals surface area (Å²) in [5.41, 5.74) is -4.30. The Morgan fingerprint density at radius 2 is 1.95 bits per heavy atom. The zero-order chi connectivity index (χ0) is 14.9. The molecule has 0 aliphatic heterocycles. The zero-order valence-corrected chi connectivity index (χ0v) is 11.2. The van der Waals surface area contributed by atoms with Crippen molar-refractivity contribution in [2.75, 3.05) is 18.8 Å². The van der Waals surface area contributed by atoms with Crippen LogP contribution < -0.4 is 10.6 Å². The number of aliphatic carboxylic acids is 1. The summed E-state index contributed by atoms with van der Waals surface area (Å²) in [7, 11) is 0. The van der Waals surface area contributed by atoms with Gasteiger partial charge in [-0.05, 0) is 17.7 Å². The number of carboxylic acid groups (broad SMARTS) is 1. The van der Waals surface area contributed by atoms with Crippen molar-refractivity contribution in [3.63, 3.8) is 0 Å². The van der Waals surface area contributed by atoms with Crippen molar-refractivity contribution in [1.29, 1.82) is 0 Å². The van der Waals surface area contributed by atoms with Gasteiger partial charge in [0, 0.05) is 25.3 Å². The number of halogens is 3. The molecule has 0 aromatic carbocycles. The van der Waals surface area contributed by atoms with E-state index in [4.69, 9.17) is 5.11 Å². The molecule has 1 atom stereocenters. The number of urea groups is 1. The molecule has 0 rings (SSSR count). The van der Waals surface area contributed by atoms with Gasteiger partial charge in [-0.3, -0.25) is 4.79 Å². The number of rotatable bonds is 8. The van der Waals surface area contributed by atoms with Crippen LogP contribution in [-0.2, 0) is 4.79 Å². The highest BCUT2D eigenvalue weighted by atomic mass is 32.2. The first-order valence-corrected chi connectivity index (χ1v) is 6.67. The number of carboxylic acids is 1. The predicted octanol–water partition coefficient (Wildman–Crippen LogP) is 2.04. The highest BCUT2D eigenvalue weighted by Crippen LogP contribution is 2.29. The van der Waals surface area contributed by atoms with Crippen molar-refractivity contribution in [2.24, 2.45) is 5.92 Å². The number of amides is 2. The number of carbonyl (C=O) groups excluding carboxylic acids is 1. The van der Waals surface area contributed by atoms with Crippen molar-refractivity contribution in [3.05, 3.63) is 0 Å². The lowest BCUT2D eigenvalue weighted by molar-refractivity contribution is -0.138. The molecule has 0 saturated heterocycles. The number of carbonyl (C=O) groups is 2. The fourth-order valence-corrected chi connectivity index (χ4v) is 1.67. The minimum absolute atomic E-state index is 0.0549. The maximum absolute atomic E-state index is 11.8. The van der Waals surface area contributed by atoms with Crippen LogP contribution in [0.3, 0.4) is 0 Å². The molecule has 0 saturated carbocycles. The standard InChI is InChI=1S/C10H17F3N2O3S/c1-2-7(5-8(16)17)6-15-9(18)14-3-4-19-10(11,12)13/h7H,2-6H2,1H3,(H,16,17)(H2,14,15,18). The van der Waals surface area contributed by atoms with Crippen LogP contribution in [0.4, 0.5) is 18.0 Å². The van der Waals surface area contributed by atoms with Crippen LogP contribution in [0, 0.1) is 5.92 Å². The van der Waals surface area contributed by atoms with Crippen LogP contribution in [0.1, 0.15) is 19.8 Å². The van der Waals surface area contributed by atoms with Gasteiger partial charge in [0.1, 0.15) is 0 Å². The van der Waals surface area contributed by atoms with Crippen molar-refractivity contribution in [1.82, 2.24) is 10.6 Å². The molecule has 2 amide bonds. The molecule has 1 unspecified atom stereocenters. The summed E-state index contributed by atoms with van der Waals surface area (Å²) in [6, 6.07) is -0.591. The van der Waals surface area contributed by atoms with E-state index in [2.05, 4.69) is 10.6 Å². The Morgan fingerprint density at radius 1 is 1.32 bits per heavy atom. The third-order valence-corrected chi connectivity index (χ3v) is 2.98. The number of alkyl halides is 3. The fourth-order valence-electron chi connectivity index (χ4n) is 1.24. The van der Waals surface area contributed by atoms with Gasteiger partial charge < -0.3 is 15.7 Å². The maximum Gasteiger partial charge on any atom is 0.441 e. The van der Waals surface area contributed by atoms with Crippen molar-refractivity contribution in [2.45, 2.75) is 25.3 Å².